The Morgan fingerprint density at radius 1 is 1.43 bits per heavy atom. The summed E-state index contributed by atoms with van der Waals surface area (Å²) in [5, 5.41) is 3.12. The molecular formula is C15H20FN3O2. The van der Waals surface area contributed by atoms with E-state index in [0.717, 1.165) is 6.54 Å². The van der Waals surface area contributed by atoms with Crippen LogP contribution in [0.3, 0.4) is 0 Å². The predicted molar refractivity (Wildman–Crippen MR) is 77.4 cm³/mol. The molecule has 3 N–H and O–H groups in total. The monoisotopic (exact) mass is 293 g/mol. The minimum absolute atomic E-state index is 0.185. The molecule has 1 aromatic carbocycles. The van der Waals surface area contributed by atoms with E-state index in [4.69, 9.17) is 15.2 Å². The second kappa shape index (κ2) is 6.30. The lowest BCUT2D eigenvalue weighted by Crippen LogP contribution is -2.37. The molecule has 0 spiro atoms. The number of fused-ring (bicyclic) bond motifs is 1. The van der Waals surface area contributed by atoms with E-state index in [-0.39, 0.29) is 12.6 Å². The summed E-state index contributed by atoms with van der Waals surface area (Å²) in [5.41, 5.74) is 7.25. The number of rotatable bonds is 4. The van der Waals surface area contributed by atoms with Gasteiger partial charge in [0.15, 0.2) is 12.8 Å². The van der Waals surface area contributed by atoms with Gasteiger partial charge in [-0.1, -0.05) is 6.42 Å². The van der Waals surface area contributed by atoms with Gasteiger partial charge < -0.3 is 20.5 Å². The smallest absolute Gasteiger partial charge is 0.189 e. The van der Waals surface area contributed by atoms with Gasteiger partial charge >= 0.3 is 0 Å². The number of aliphatic imine (C=N–C) groups is 1. The quantitative estimate of drug-likeness (QED) is 0.657. The maximum atomic E-state index is 13.6. The summed E-state index contributed by atoms with van der Waals surface area (Å²) < 4.78 is 24.2. The van der Waals surface area contributed by atoms with Crippen LogP contribution in [0, 0.1) is 11.7 Å². The Morgan fingerprint density at radius 2 is 2.29 bits per heavy atom. The highest BCUT2D eigenvalue weighted by Crippen LogP contribution is 2.30. The van der Waals surface area contributed by atoms with E-state index in [0.29, 0.717) is 41.9 Å². The first kappa shape index (κ1) is 14.1. The summed E-state index contributed by atoms with van der Waals surface area (Å²) in [6.45, 7) is 1.70. The molecule has 5 nitrogen and oxygen atoms in total. The number of guanidine groups is 1. The van der Waals surface area contributed by atoms with Gasteiger partial charge in [-0.3, -0.25) is 0 Å². The number of hydrogen-bond acceptors (Lipinski definition) is 3. The molecule has 1 fully saturated rings. The molecule has 0 amide bonds. The van der Waals surface area contributed by atoms with Crippen molar-refractivity contribution in [2.24, 2.45) is 16.6 Å². The van der Waals surface area contributed by atoms with Crippen molar-refractivity contribution in [2.75, 3.05) is 13.3 Å². The zero-order valence-electron chi connectivity index (χ0n) is 11.9. The van der Waals surface area contributed by atoms with Crippen LogP contribution in [0.2, 0.25) is 0 Å². The molecule has 1 heterocycles. The number of ether oxygens (including phenoxy) is 2. The zero-order chi connectivity index (χ0) is 14.7. The summed E-state index contributed by atoms with van der Waals surface area (Å²) in [5.74, 6) is 1.46. The van der Waals surface area contributed by atoms with Crippen LogP contribution >= 0.6 is 0 Å². The van der Waals surface area contributed by atoms with Crippen LogP contribution in [0.25, 0.3) is 0 Å². The van der Waals surface area contributed by atoms with E-state index >= 15 is 0 Å². The lowest BCUT2D eigenvalue weighted by molar-refractivity contribution is -0.0172. The van der Waals surface area contributed by atoms with Gasteiger partial charge in [-0.15, -0.1) is 0 Å². The Balaban J connectivity index is 1.64. The van der Waals surface area contributed by atoms with E-state index in [1.807, 2.05) is 0 Å². The van der Waals surface area contributed by atoms with Gasteiger partial charge in [-0.05, 0) is 30.9 Å². The van der Waals surface area contributed by atoms with Crippen LogP contribution < -0.4 is 15.8 Å². The van der Waals surface area contributed by atoms with Gasteiger partial charge in [0.25, 0.3) is 0 Å². The van der Waals surface area contributed by atoms with Crippen LogP contribution in [0.1, 0.15) is 30.4 Å². The molecule has 21 heavy (non-hydrogen) atoms. The lowest BCUT2D eigenvalue weighted by atomic mass is 9.85. The van der Waals surface area contributed by atoms with E-state index < -0.39 is 0 Å². The third-order valence-electron chi connectivity index (χ3n) is 3.97. The first-order valence-electron chi connectivity index (χ1n) is 7.28. The molecule has 0 unspecified atom stereocenters. The zero-order valence-corrected chi connectivity index (χ0v) is 11.9. The Bertz CT molecular complexity index is 544. The molecular weight excluding hydrogens is 273 g/mol. The van der Waals surface area contributed by atoms with E-state index in [9.17, 15) is 4.39 Å². The van der Waals surface area contributed by atoms with Crippen molar-refractivity contribution >= 4 is 5.96 Å². The van der Waals surface area contributed by atoms with Gasteiger partial charge in [0.2, 0.25) is 0 Å². The summed E-state index contributed by atoms with van der Waals surface area (Å²) in [6.07, 6.45) is 3.81. The average molecular weight is 293 g/mol. The number of nitrogens with two attached hydrogens (primary N) is 1. The van der Waals surface area contributed by atoms with E-state index in [1.54, 1.807) is 0 Å². The van der Waals surface area contributed by atoms with Gasteiger partial charge in [0, 0.05) is 17.7 Å². The molecule has 0 aromatic heterocycles. The second-order valence-electron chi connectivity index (χ2n) is 5.54. The highest BCUT2D eigenvalue weighted by atomic mass is 19.1. The molecule has 1 aromatic rings. The van der Waals surface area contributed by atoms with Gasteiger partial charge in [0.05, 0.1) is 13.2 Å². The lowest BCUT2D eigenvalue weighted by Gasteiger charge is -2.25. The van der Waals surface area contributed by atoms with Gasteiger partial charge in [-0.2, -0.15) is 0 Å². The first-order chi connectivity index (χ1) is 10.2. The topological polar surface area (TPSA) is 68.9 Å². The van der Waals surface area contributed by atoms with Crippen molar-refractivity contribution in [3.63, 3.8) is 0 Å². The highest BCUT2D eigenvalue weighted by Gasteiger charge is 2.18. The SMILES string of the molecule is NC(=NCc1cc(F)cc2c1OCOC2)NCC1CCC1. The summed E-state index contributed by atoms with van der Waals surface area (Å²) in [4.78, 5) is 4.27. The number of nitrogens with one attached hydrogen (secondary N) is 1. The fourth-order valence-corrected chi connectivity index (χ4v) is 2.55. The molecule has 1 aliphatic heterocycles. The number of halogens is 1. The van der Waals surface area contributed by atoms with Crippen molar-refractivity contribution in [2.45, 2.75) is 32.4 Å². The molecule has 2 aliphatic rings. The maximum absolute atomic E-state index is 13.6. The standard InChI is InChI=1S/C15H20FN3O2/c16-13-4-11(14-12(5-13)8-20-9-21-14)7-19-15(17)18-6-10-2-1-3-10/h4-5,10H,1-3,6-9H2,(H3,17,18,19). The largest absolute Gasteiger partial charge is 0.467 e. The van der Waals surface area contributed by atoms with Crippen molar-refractivity contribution in [1.82, 2.24) is 5.32 Å². The molecule has 3 rings (SSSR count). The molecule has 0 atom stereocenters. The molecule has 0 radical (unpaired) electrons. The molecule has 1 aliphatic carbocycles. The predicted octanol–water partition coefficient (Wildman–Crippen LogP) is 1.90. The van der Waals surface area contributed by atoms with Crippen LogP contribution in [-0.2, 0) is 17.9 Å². The fourth-order valence-electron chi connectivity index (χ4n) is 2.55. The normalized spacial score (nSPS) is 18.6. The van der Waals surface area contributed by atoms with Crippen LogP contribution in [0.15, 0.2) is 17.1 Å². The summed E-state index contributed by atoms with van der Waals surface area (Å²) in [6, 6.07) is 2.87. The summed E-state index contributed by atoms with van der Waals surface area (Å²) >= 11 is 0. The third kappa shape index (κ3) is 3.44. The number of benzene rings is 1. The van der Waals surface area contributed by atoms with Crippen molar-refractivity contribution in [3.05, 3.63) is 29.1 Å². The van der Waals surface area contributed by atoms with Crippen molar-refractivity contribution in [3.8, 4) is 5.75 Å². The Labute approximate surface area is 123 Å². The molecule has 1 saturated carbocycles. The number of nitrogens with zero attached hydrogens (tertiary/aromatic N) is 1. The van der Waals surface area contributed by atoms with E-state index in [1.165, 1.54) is 31.4 Å². The van der Waals surface area contributed by atoms with Crippen LogP contribution in [0.4, 0.5) is 4.39 Å². The van der Waals surface area contributed by atoms with Crippen LogP contribution in [-0.4, -0.2) is 19.3 Å². The molecule has 0 bridgehead atoms. The highest BCUT2D eigenvalue weighted by molar-refractivity contribution is 5.77. The number of hydrogen-bond donors (Lipinski definition) is 2. The van der Waals surface area contributed by atoms with Gasteiger partial charge in [-0.25, -0.2) is 9.38 Å². The van der Waals surface area contributed by atoms with Crippen LogP contribution in [0.5, 0.6) is 5.75 Å². The van der Waals surface area contributed by atoms with E-state index in [2.05, 4.69) is 10.3 Å². The molecule has 114 valence electrons. The Kier molecular flexibility index (Phi) is 4.24. The first-order valence-corrected chi connectivity index (χ1v) is 7.28. The second-order valence-corrected chi connectivity index (χ2v) is 5.54. The molecule has 0 saturated heterocycles. The van der Waals surface area contributed by atoms with Gasteiger partial charge in [0.1, 0.15) is 11.6 Å². The third-order valence-corrected chi connectivity index (χ3v) is 3.97. The summed E-state index contributed by atoms with van der Waals surface area (Å²) in [7, 11) is 0. The Morgan fingerprint density at radius 3 is 3.05 bits per heavy atom. The minimum Gasteiger partial charge on any atom is -0.467 e. The average Bonchev–Trinajstić information content (AvgIpc) is 2.43. The minimum atomic E-state index is -0.311. The van der Waals surface area contributed by atoms with Crippen molar-refractivity contribution in [1.29, 1.82) is 0 Å². The molecule has 6 heteroatoms. The van der Waals surface area contributed by atoms with Crippen molar-refractivity contribution < 1.29 is 13.9 Å². The fraction of sp³-hybridized carbons (Fsp3) is 0.533. The maximum Gasteiger partial charge on any atom is 0.189 e. The Hall–Kier alpha value is -1.82.